The van der Waals surface area contributed by atoms with Gasteiger partial charge in [-0.1, -0.05) is 99.9 Å². The van der Waals surface area contributed by atoms with Crippen molar-refractivity contribution in [3.8, 4) is 5.75 Å². The second-order valence-corrected chi connectivity index (χ2v) is 12.2. The van der Waals surface area contributed by atoms with Gasteiger partial charge in [-0.15, -0.1) is 0 Å². The summed E-state index contributed by atoms with van der Waals surface area (Å²) in [6.07, 6.45) is -0.230. The molecule has 0 aromatic heterocycles. The van der Waals surface area contributed by atoms with Crippen molar-refractivity contribution in [2.75, 3.05) is 13.2 Å². The van der Waals surface area contributed by atoms with Crippen molar-refractivity contribution in [3.05, 3.63) is 152 Å². The molecule has 0 saturated heterocycles. The zero-order valence-electron chi connectivity index (χ0n) is 25.9. The highest BCUT2D eigenvalue weighted by Crippen LogP contribution is 2.44. The maximum atomic E-state index is 14.6. The van der Waals surface area contributed by atoms with Gasteiger partial charge in [0.05, 0.1) is 6.61 Å². The van der Waals surface area contributed by atoms with Gasteiger partial charge in [-0.05, 0) is 69.4 Å². The number of azide groups is 1. The Morgan fingerprint density at radius 1 is 0.958 bits per heavy atom. The number of rotatable bonds is 13. The molecular formula is C37H33BrN6O4. The van der Waals surface area contributed by atoms with Crippen LogP contribution >= 0.6 is 15.9 Å². The van der Waals surface area contributed by atoms with Crippen molar-refractivity contribution in [2.24, 2.45) is 10.1 Å². The fourth-order valence-electron chi connectivity index (χ4n) is 5.79. The van der Waals surface area contributed by atoms with E-state index < -0.39 is 17.6 Å². The summed E-state index contributed by atoms with van der Waals surface area (Å²) in [6, 6.07) is 36.1. The van der Waals surface area contributed by atoms with E-state index in [1.807, 2.05) is 72.8 Å². The quantitative estimate of drug-likeness (QED) is 0.0380. The van der Waals surface area contributed by atoms with Crippen molar-refractivity contribution in [3.63, 3.8) is 0 Å². The first kappa shape index (κ1) is 32.7. The molecule has 0 unspecified atom stereocenters. The number of benzene rings is 5. The van der Waals surface area contributed by atoms with Crippen LogP contribution in [-0.2, 0) is 22.5 Å². The van der Waals surface area contributed by atoms with Crippen LogP contribution in [0.4, 0.5) is 5.69 Å². The molecular weight excluding hydrogens is 672 g/mol. The predicted octanol–water partition coefficient (Wildman–Crippen LogP) is 7.63. The molecule has 2 atom stereocenters. The average Bonchev–Trinajstić information content (AvgIpc) is 3.50. The largest absolute Gasteiger partial charge is 0.494 e. The maximum Gasteiger partial charge on any atom is 0.266 e. The number of aliphatic imine (C=N–C) groups is 1. The summed E-state index contributed by atoms with van der Waals surface area (Å²) < 4.78 is 13.2. The third-order valence-electron chi connectivity index (χ3n) is 8.17. The van der Waals surface area contributed by atoms with Crippen LogP contribution < -0.4 is 15.6 Å². The average molecular weight is 706 g/mol. The summed E-state index contributed by atoms with van der Waals surface area (Å²) >= 11 is 3.51. The first-order chi connectivity index (χ1) is 23.5. The van der Waals surface area contributed by atoms with E-state index >= 15 is 0 Å². The molecule has 3 N–H and O–H groups in total. The minimum Gasteiger partial charge on any atom is -0.494 e. The van der Waals surface area contributed by atoms with Gasteiger partial charge < -0.3 is 14.6 Å². The van der Waals surface area contributed by atoms with Gasteiger partial charge >= 0.3 is 0 Å². The molecule has 5 aromatic carbocycles. The van der Waals surface area contributed by atoms with Gasteiger partial charge in [0.25, 0.3) is 5.91 Å². The molecule has 5 aromatic rings. The van der Waals surface area contributed by atoms with E-state index in [0.717, 1.165) is 26.4 Å². The van der Waals surface area contributed by atoms with Crippen LogP contribution in [0.5, 0.6) is 5.75 Å². The van der Waals surface area contributed by atoms with E-state index in [4.69, 9.17) is 19.6 Å². The fourth-order valence-corrected chi connectivity index (χ4v) is 6.06. The molecule has 0 spiro atoms. The summed E-state index contributed by atoms with van der Waals surface area (Å²) in [5.74, 6) is 0.515. The summed E-state index contributed by atoms with van der Waals surface area (Å²) in [5, 5.41) is 15.2. The third-order valence-corrected chi connectivity index (χ3v) is 8.70. The molecule has 1 aliphatic rings. The highest BCUT2D eigenvalue weighted by molar-refractivity contribution is 9.10. The lowest BCUT2D eigenvalue weighted by Gasteiger charge is -2.31. The molecule has 0 radical (unpaired) electrons. The molecule has 1 aliphatic heterocycles. The molecule has 48 heavy (non-hydrogen) atoms. The van der Waals surface area contributed by atoms with E-state index in [0.29, 0.717) is 42.1 Å². The Morgan fingerprint density at radius 2 is 1.69 bits per heavy atom. The van der Waals surface area contributed by atoms with Crippen molar-refractivity contribution < 1.29 is 19.4 Å². The number of fused-ring (bicyclic) bond motifs is 1. The number of aliphatic hydroxyl groups is 1. The second kappa shape index (κ2) is 15.1. The van der Waals surface area contributed by atoms with Crippen molar-refractivity contribution in [2.45, 2.75) is 31.0 Å². The first-order valence-electron chi connectivity index (χ1n) is 15.5. The minimum absolute atomic E-state index is 0.0456. The lowest BCUT2D eigenvalue weighted by molar-refractivity contribution is -0.130. The number of ether oxygens (including phenoxy) is 2. The lowest BCUT2D eigenvalue weighted by Crippen LogP contribution is -2.53. The highest BCUT2D eigenvalue weighted by Gasteiger charge is 2.53. The Labute approximate surface area is 286 Å². The van der Waals surface area contributed by atoms with Crippen LogP contribution in [0.2, 0.25) is 0 Å². The van der Waals surface area contributed by atoms with E-state index in [1.54, 1.807) is 24.3 Å². The molecule has 242 valence electrons. The van der Waals surface area contributed by atoms with E-state index in [2.05, 4.69) is 55.0 Å². The number of carbonyl (C=O) groups excluding carboxylic acids is 1. The number of amides is 1. The van der Waals surface area contributed by atoms with Crippen LogP contribution in [0.1, 0.15) is 34.8 Å². The lowest BCUT2D eigenvalue weighted by atomic mass is 9.81. The van der Waals surface area contributed by atoms with Crippen LogP contribution in [-0.4, -0.2) is 35.7 Å². The monoisotopic (exact) mass is 704 g/mol. The Hall–Kier alpha value is -5.19. The van der Waals surface area contributed by atoms with Gasteiger partial charge in [0.2, 0.25) is 5.90 Å². The zero-order valence-corrected chi connectivity index (χ0v) is 27.5. The SMILES string of the molecule is [N-]=[N+]=Nc1ccccc1C[C@]1(C(=O)NNCc2cccc3ccccc23)N=C(c2ccc(OCCCO)cc2)O[C@H]1c1ccc(Br)cc1. The molecule has 1 amide bonds. The summed E-state index contributed by atoms with van der Waals surface area (Å²) in [4.78, 5) is 22.7. The first-order valence-corrected chi connectivity index (χ1v) is 16.3. The van der Waals surface area contributed by atoms with Gasteiger partial charge in [-0.3, -0.25) is 10.2 Å². The normalized spacial score (nSPS) is 16.9. The number of carbonyl (C=O) groups is 1. The molecule has 10 nitrogen and oxygen atoms in total. The number of aliphatic hydroxyl groups excluding tert-OH is 1. The van der Waals surface area contributed by atoms with Crippen molar-refractivity contribution in [1.82, 2.24) is 10.9 Å². The Bertz CT molecular complexity index is 1970. The smallest absolute Gasteiger partial charge is 0.266 e. The third kappa shape index (κ3) is 7.20. The van der Waals surface area contributed by atoms with Crippen LogP contribution in [0.3, 0.4) is 0 Å². The van der Waals surface area contributed by atoms with Gasteiger partial charge in [0.15, 0.2) is 11.6 Å². The number of hydrazine groups is 1. The van der Waals surface area contributed by atoms with E-state index in [-0.39, 0.29) is 18.9 Å². The van der Waals surface area contributed by atoms with Crippen molar-refractivity contribution >= 4 is 44.2 Å². The molecule has 6 rings (SSSR count). The van der Waals surface area contributed by atoms with Gasteiger partial charge in [0, 0.05) is 46.6 Å². The van der Waals surface area contributed by atoms with Crippen LogP contribution in [0.25, 0.3) is 21.2 Å². The predicted molar refractivity (Wildman–Crippen MR) is 189 cm³/mol. The maximum absolute atomic E-state index is 14.6. The standard InChI is InChI=1S/C37H33BrN6O4/c38-30-17-13-26(14-18-30)34-37(23-28-8-2-4-12-33(28)42-44-39,41-35(48-34)27-15-19-31(20-16-27)47-22-6-21-45)36(46)43-40-24-29-10-5-9-25-7-1-3-11-32(25)29/h1-5,7-20,34,40,45H,6,21-24H2,(H,43,46)/t34-,37-/m0/s1. The number of halogens is 1. The Kier molecular flexibility index (Phi) is 10.3. The van der Waals surface area contributed by atoms with Crippen LogP contribution in [0.15, 0.2) is 130 Å². The summed E-state index contributed by atoms with van der Waals surface area (Å²) in [5.41, 5.74) is 17.3. The Morgan fingerprint density at radius 3 is 2.48 bits per heavy atom. The molecule has 0 aliphatic carbocycles. The number of hydrogen-bond donors (Lipinski definition) is 3. The zero-order chi connectivity index (χ0) is 33.3. The number of nitrogens with zero attached hydrogens (tertiary/aromatic N) is 4. The molecule has 11 heteroatoms. The molecule has 0 fully saturated rings. The Balaban J connectivity index is 1.39. The topological polar surface area (TPSA) is 141 Å². The van der Waals surface area contributed by atoms with Gasteiger partial charge in [-0.25, -0.2) is 10.4 Å². The number of nitrogens with one attached hydrogen (secondary N) is 2. The van der Waals surface area contributed by atoms with Crippen molar-refractivity contribution in [1.29, 1.82) is 0 Å². The molecule has 1 heterocycles. The van der Waals surface area contributed by atoms with Crippen LogP contribution in [0, 0.1) is 0 Å². The molecule has 0 bridgehead atoms. The van der Waals surface area contributed by atoms with Gasteiger partial charge in [-0.2, -0.15) is 0 Å². The summed E-state index contributed by atoms with van der Waals surface area (Å²) in [6.45, 7) is 0.805. The minimum atomic E-state index is -1.51. The highest BCUT2D eigenvalue weighted by atomic mass is 79.9. The fraction of sp³-hybridized carbons (Fsp3) is 0.189. The summed E-state index contributed by atoms with van der Waals surface area (Å²) in [7, 11) is 0. The van der Waals surface area contributed by atoms with Gasteiger partial charge in [0.1, 0.15) is 5.75 Å². The molecule has 0 saturated carbocycles. The number of hydrogen-bond acceptors (Lipinski definition) is 7. The second-order valence-electron chi connectivity index (χ2n) is 11.3. The van der Waals surface area contributed by atoms with E-state index in [9.17, 15) is 10.3 Å². The van der Waals surface area contributed by atoms with E-state index in [1.165, 1.54) is 0 Å².